The molecule has 6 heteroatoms. The number of carbonyl (C=O) groups is 2. The number of benzene rings is 1. The molecule has 1 saturated heterocycles. The van der Waals surface area contributed by atoms with Crippen LogP contribution in [0.25, 0.3) is 0 Å². The minimum absolute atomic E-state index is 0.0376. The van der Waals surface area contributed by atoms with Crippen LogP contribution in [0.3, 0.4) is 0 Å². The van der Waals surface area contributed by atoms with E-state index >= 15 is 0 Å². The Hall–Kier alpha value is -2.89. The molecular formula is C22H27N3O3. The van der Waals surface area contributed by atoms with E-state index in [0.29, 0.717) is 12.1 Å². The Morgan fingerprint density at radius 1 is 1.11 bits per heavy atom. The van der Waals surface area contributed by atoms with Crippen molar-refractivity contribution in [3.8, 4) is 0 Å². The van der Waals surface area contributed by atoms with Crippen molar-refractivity contribution in [3.63, 3.8) is 0 Å². The predicted molar refractivity (Wildman–Crippen MR) is 108 cm³/mol. The summed E-state index contributed by atoms with van der Waals surface area (Å²) in [7, 11) is 3.28. The van der Waals surface area contributed by atoms with Gasteiger partial charge in [0.15, 0.2) is 0 Å². The molecule has 0 bridgehead atoms. The molecule has 1 aliphatic rings. The summed E-state index contributed by atoms with van der Waals surface area (Å²) < 4.78 is 1.30. The van der Waals surface area contributed by atoms with Gasteiger partial charge in [-0.25, -0.2) is 0 Å². The SMILES string of the molecule is Cc1ccc(C2CCCN2C(=O)c2ccc(=O)n(CC(=O)N(C)C)c2)cc1C. The first kappa shape index (κ1) is 19.9. The number of aromatic nitrogens is 1. The molecule has 148 valence electrons. The van der Waals surface area contributed by atoms with E-state index in [1.165, 1.54) is 32.9 Å². The zero-order valence-electron chi connectivity index (χ0n) is 16.9. The number of hydrogen-bond donors (Lipinski definition) is 0. The third-order valence-electron chi connectivity index (χ3n) is 5.46. The Morgan fingerprint density at radius 2 is 1.86 bits per heavy atom. The van der Waals surface area contributed by atoms with E-state index in [4.69, 9.17) is 0 Å². The smallest absolute Gasteiger partial charge is 0.255 e. The van der Waals surface area contributed by atoms with Crippen molar-refractivity contribution in [2.45, 2.75) is 39.3 Å². The number of likely N-dealkylation sites (tertiary alicyclic amines) is 1. The lowest BCUT2D eigenvalue weighted by atomic mass is 9.99. The third kappa shape index (κ3) is 4.01. The minimum Gasteiger partial charge on any atom is -0.347 e. The van der Waals surface area contributed by atoms with Gasteiger partial charge in [-0.15, -0.1) is 0 Å². The monoisotopic (exact) mass is 381 g/mol. The molecule has 0 saturated carbocycles. The topological polar surface area (TPSA) is 62.6 Å². The van der Waals surface area contributed by atoms with Crippen molar-refractivity contribution in [1.82, 2.24) is 14.4 Å². The normalized spacial score (nSPS) is 16.3. The highest BCUT2D eigenvalue weighted by Crippen LogP contribution is 2.33. The number of hydrogen-bond acceptors (Lipinski definition) is 3. The molecule has 1 aliphatic heterocycles. The molecule has 28 heavy (non-hydrogen) atoms. The number of pyridine rings is 1. The summed E-state index contributed by atoms with van der Waals surface area (Å²) in [5.41, 5.74) is 3.73. The van der Waals surface area contributed by atoms with Crippen LogP contribution in [0.4, 0.5) is 0 Å². The number of likely N-dealkylation sites (N-methyl/N-ethyl adjacent to an activating group) is 1. The molecule has 0 N–H and O–H groups in total. The van der Waals surface area contributed by atoms with Crippen molar-refractivity contribution in [2.24, 2.45) is 0 Å². The van der Waals surface area contributed by atoms with Gasteiger partial charge in [-0.05, 0) is 49.4 Å². The number of rotatable bonds is 4. The maximum Gasteiger partial charge on any atom is 0.255 e. The molecule has 1 atom stereocenters. The molecule has 0 aliphatic carbocycles. The summed E-state index contributed by atoms with van der Waals surface area (Å²) in [5.74, 6) is -0.298. The molecule has 2 heterocycles. The summed E-state index contributed by atoms with van der Waals surface area (Å²) >= 11 is 0. The standard InChI is InChI=1S/C22H27N3O3/c1-15-7-8-17(12-16(15)2)19-6-5-11-25(19)22(28)18-9-10-20(26)24(13-18)14-21(27)23(3)4/h7-10,12-13,19H,5-6,11,14H2,1-4H3. The lowest BCUT2D eigenvalue weighted by Gasteiger charge is -2.26. The van der Waals surface area contributed by atoms with Crippen LogP contribution >= 0.6 is 0 Å². The van der Waals surface area contributed by atoms with Gasteiger partial charge in [0, 0.05) is 32.9 Å². The molecule has 2 amide bonds. The van der Waals surface area contributed by atoms with Crippen LogP contribution in [-0.2, 0) is 11.3 Å². The van der Waals surface area contributed by atoms with Gasteiger partial charge in [-0.2, -0.15) is 0 Å². The van der Waals surface area contributed by atoms with E-state index < -0.39 is 0 Å². The zero-order chi connectivity index (χ0) is 20.4. The second-order valence-electron chi connectivity index (χ2n) is 7.67. The Balaban J connectivity index is 1.87. The number of nitrogens with zero attached hydrogens (tertiary/aromatic N) is 3. The Bertz CT molecular complexity index is 962. The minimum atomic E-state index is -0.293. The quantitative estimate of drug-likeness (QED) is 0.818. The van der Waals surface area contributed by atoms with Crippen molar-refractivity contribution in [2.75, 3.05) is 20.6 Å². The Kier molecular flexibility index (Phi) is 5.68. The third-order valence-corrected chi connectivity index (χ3v) is 5.46. The van der Waals surface area contributed by atoms with Crippen molar-refractivity contribution in [3.05, 3.63) is 69.1 Å². The van der Waals surface area contributed by atoms with E-state index in [1.807, 2.05) is 4.90 Å². The fraction of sp³-hybridized carbons (Fsp3) is 0.409. The first-order chi connectivity index (χ1) is 13.3. The van der Waals surface area contributed by atoms with Crippen LogP contribution in [0.1, 0.15) is 45.9 Å². The van der Waals surface area contributed by atoms with Gasteiger partial charge in [-0.1, -0.05) is 18.2 Å². The second kappa shape index (κ2) is 8.00. The van der Waals surface area contributed by atoms with Crippen LogP contribution in [0, 0.1) is 13.8 Å². The molecule has 0 spiro atoms. The molecule has 1 aromatic carbocycles. The molecule has 1 aromatic heterocycles. The molecular weight excluding hydrogens is 354 g/mol. The fourth-order valence-electron chi connectivity index (χ4n) is 3.56. The van der Waals surface area contributed by atoms with Gasteiger partial charge < -0.3 is 14.4 Å². The molecule has 1 unspecified atom stereocenters. The summed E-state index contributed by atoms with van der Waals surface area (Å²) in [4.78, 5) is 40.6. The summed E-state index contributed by atoms with van der Waals surface area (Å²) in [5, 5.41) is 0. The van der Waals surface area contributed by atoms with Crippen molar-refractivity contribution >= 4 is 11.8 Å². The molecule has 0 radical (unpaired) electrons. The zero-order valence-corrected chi connectivity index (χ0v) is 16.9. The number of carbonyl (C=O) groups excluding carboxylic acids is 2. The van der Waals surface area contributed by atoms with Gasteiger partial charge in [0.05, 0.1) is 11.6 Å². The molecule has 6 nitrogen and oxygen atoms in total. The Labute approximate surface area is 165 Å². The maximum absolute atomic E-state index is 13.2. The highest BCUT2D eigenvalue weighted by molar-refractivity contribution is 5.94. The lowest BCUT2D eigenvalue weighted by molar-refractivity contribution is -0.129. The van der Waals surface area contributed by atoms with Crippen LogP contribution in [0.2, 0.25) is 0 Å². The second-order valence-corrected chi connectivity index (χ2v) is 7.67. The van der Waals surface area contributed by atoms with Crippen molar-refractivity contribution < 1.29 is 9.59 Å². The van der Waals surface area contributed by atoms with Gasteiger partial charge in [0.25, 0.3) is 11.5 Å². The van der Waals surface area contributed by atoms with Crippen LogP contribution in [0.5, 0.6) is 0 Å². The average Bonchev–Trinajstić information content (AvgIpc) is 3.14. The largest absolute Gasteiger partial charge is 0.347 e. The highest BCUT2D eigenvalue weighted by atomic mass is 16.2. The van der Waals surface area contributed by atoms with E-state index in [2.05, 4.69) is 32.0 Å². The first-order valence-electron chi connectivity index (χ1n) is 9.56. The number of amides is 2. The Morgan fingerprint density at radius 3 is 2.54 bits per heavy atom. The van der Waals surface area contributed by atoms with E-state index in [1.54, 1.807) is 20.2 Å². The maximum atomic E-state index is 13.2. The summed E-state index contributed by atoms with van der Waals surface area (Å²) in [6.07, 6.45) is 3.37. The molecule has 1 fully saturated rings. The fourth-order valence-corrected chi connectivity index (χ4v) is 3.56. The first-order valence-corrected chi connectivity index (χ1v) is 9.56. The average molecular weight is 381 g/mol. The van der Waals surface area contributed by atoms with Crippen LogP contribution < -0.4 is 5.56 Å². The lowest BCUT2D eigenvalue weighted by Crippen LogP contribution is -2.34. The highest BCUT2D eigenvalue weighted by Gasteiger charge is 2.31. The van der Waals surface area contributed by atoms with E-state index in [9.17, 15) is 14.4 Å². The van der Waals surface area contributed by atoms with Crippen molar-refractivity contribution in [1.29, 1.82) is 0 Å². The van der Waals surface area contributed by atoms with Crippen LogP contribution in [0.15, 0.2) is 41.3 Å². The van der Waals surface area contributed by atoms with E-state index in [0.717, 1.165) is 18.4 Å². The number of aryl methyl sites for hydroxylation is 2. The van der Waals surface area contributed by atoms with E-state index in [-0.39, 0.29) is 30.0 Å². The van der Waals surface area contributed by atoms with Crippen LogP contribution in [-0.4, -0.2) is 46.8 Å². The van der Waals surface area contributed by atoms with Gasteiger partial charge in [-0.3, -0.25) is 14.4 Å². The predicted octanol–water partition coefficient (Wildman–Crippen LogP) is 2.53. The summed E-state index contributed by atoms with van der Waals surface area (Å²) in [6, 6.07) is 9.29. The summed E-state index contributed by atoms with van der Waals surface area (Å²) in [6.45, 7) is 4.77. The molecule has 3 rings (SSSR count). The van der Waals surface area contributed by atoms with Gasteiger partial charge in [0.2, 0.25) is 5.91 Å². The van der Waals surface area contributed by atoms with Gasteiger partial charge >= 0.3 is 0 Å². The van der Waals surface area contributed by atoms with Gasteiger partial charge in [0.1, 0.15) is 6.54 Å². The molecule has 2 aromatic rings.